The number of aliphatic carboxylic acids is 1. The Kier molecular flexibility index (Phi) is 4.09. The van der Waals surface area contributed by atoms with Crippen LogP contribution in [0.5, 0.6) is 0 Å². The molecule has 1 rings (SSSR count). The molecular formula is C12H15NO4. The molecule has 0 spiro atoms. The molecule has 0 aliphatic heterocycles. The monoisotopic (exact) mass is 237 g/mol. The van der Waals surface area contributed by atoms with Gasteiger partial charge in [-0.2, -0.15) is 0 Å². The first-order valence-electron chi connectivity index (χ1n) is 5.22. The zero-order valence-electron chi connectivity index (χ0n) is 9.73. The van der Waals surface area contributed by atoms with Crippen LogP contribution in [0.25, 0.3) is 0 Å². The molecule has 0 heterocycles. The molecule has 0 bridgehead atoms. The van der Waals surface area contributed by atoms with Gasteiger partial charge >= 0.3 is 11.9 Å². The summed E-state index contributed by atoms with van der Waals surface area (Å²) in [6.45, 7) is 3.68. The van der Waals surface area contributed by atoms with Gasteiger partial charge in [-0.3, -0.25) is 4.79 Å². The van der Waals surface area contributed by atoms with E-state index in [9.17, 15) is 9.59 Å². The summed E-state index contributed by atoms with van der Waals surface area (Å²) in [5.41, 5.74) is 1.71. The normalized spacial score (nSPS) is 11.9. The van der Waals surface area contributed by atoms with Gasteiger partial charge in [-0.1, -0.05) is 13.0 Å². The highest BCUT2D eigenvalue weighted by molar-refractivity contribution is 5.89. The molecule has 1 aromatic carbocycles. The van der Waals surface area contributed by atoms with E-state index in [0.717, 1.165) is 5.56 Å². The van der Waals surface area contributed by atoms with Crippen LogP contribution in [0.1, 0.15) is 22.8 Å². The lowest BCUT2D eigenvalue weighted by atomic mass is 10.1. The Morgan fingerprint density at radius 3 is 2.53 bits per heavy atom. The number of nitrogens with one attached hydrogen (secondary N) is 1. The quantitative estimate of drug-likeness (QED) is 0.727. The third-order valence-electron chi connectivity index (χ3n) is 2.50. The number of aryl methyl sites for hydroxylation is 1. The van der Waals surface area contributed by atoms with Crippen molar-refractivity contribution in [1.82, 2.24) is 0 Å². The van der Waals surface area contributed by atoms with Gasteiger partial charge in [0.2, 0.25) is 0 Å². The number of carbonyl (C=O) groups is 2. The number of anilines is 1. The van der Waals surface area contributed by atoms with E-state index in [1.807, 2.05) is 6.92 Å². The predicted octanol–water partition coefficient (Wildman–Crippen LogP) is 1.83. The van der Waals surface area contributed by atoms with Crippen LogP contribution in [-0.2, 0) is 4.79 Å². The standard InChI is InChI=1S/C12H15NO4/c1-7-3-4-9(12(16)17)5-10(7)13-6-8(2)11(14)15/h3-5,8,13H,6H2,1-2H3,(H,14,15)(H,16,17). The minimum atomic E-state index is -1.00. The summed E-state index contributed by atoms with van der Waals surface area (Å²) in [6, 6.07) is 4.72. The van der Waals surface area contributed by atoms with Crippen LogP contribution >= 0.6 is 0 Å². The fraction of sp³-hybridized carbons (Fsp3) is 0.333. The Hall–Kier alpha value is -2.04. The third kappa shape index (κ3) is 3.48. The molecule has 1 atom stereocenters. The van der Waals surface area contributed by atoms with Gasteiger partial charge in [0.15, 0.2) is 0 Å². The lowest BCUT2D eigenvalue weighted by Gasteiger charge is -2.12. The summed E-state index contributed by atoms with van der Waals surface area (Å²) in [4.78, 5) is 21.4. The van der Waals surface area contributed by atoms with Gasteiger partial charge in [0.05, 0.1) is 11.5 Å². The molecule has 0 saturated heterocycles. The van der Waals surface area contributed by atoms with Gasteiger partial charge in [0.1, 0.15) is 0 Å². The van der Waals surface area contributed by atoms with Gasteiger partial charge in [0, 0.05) is 12.2 Å². The summed E-state index contributed by atoms with van der Waals surface area (Å²) in [7, 11) is 0. The van der Waals surface area contributed by atoms with Crippen molar-refractivity contribution in [3.8, 4) is 0 Å². The Morgan fingerprint density at radius 2 is 2.00 bits per heavy atom. The van der Waals surface area contributed by atoms with Gasteiger partial charge in [-0.25, -0.2) is 4.79 Å². The number of benzene rings is 1. The van der Waals surface area contributed by atoms with Crippen LogP contribution < -0.4 is 5.32 Å². The van der Waals surface area contributed by atoms with Crippen LogP contribution in [0.2, 0.25) is 0 Å². The van der Waals surface area contributed by atoms with E-state index in [4.69, 9.17) is 10.2 Å². The van der Waals surface area contributed by atoms with Gasteiger partial charge < -0.3 is 15.5 Å². The minimum Gasteiger partial charge on any atom is -0.481 e. The minimum absolute atomic E-state index is 0.182. The first kappa shape index (κ1) is 13.0. The molecule has 0 aromatic heterocycles. The van der Waals surface area contributed by atoms with Crippen molar-refractivity contribution in [3.63, 3.8) is 0 Å². The molecule has 1 aromatic rings. The molecule has 92 valence electrons. The average molecular weight is 237 g/mol. The Balaban J connectivity index is 2.79. The zero-order chi connectivity index (χ0) is 13.0. The fourth-order valence-electron chi connectivity index (χ4n) is 1.30. The average Bonchev–Trinajstić information content (AvgIpc) is 2.26. The summed E-state index contributed by atoms with van der Waals surface area (Å²) < 4.78 is 0. The van der Waals surface area contributed by atoms with Crippen molar-refractivity contribution in [2.45, 2.75) is 13.8 Å². The Bertz CT molecular complexity index is 442. The molecule has 0 fully saturated rings. The zero-order valence-corrected chi connectivity index (χ0v) is 9.73. The molecule has 3 N–H and O–H groups in total. The third-order valence-corrected chi connectivity index (χ3v) is 2.50. The van der Waals surface area contributed by atoms with Crippen LogP contribution in [0.3, 0.4) is 0 Å². The molecule has 0 aliphatic carbocycles. The van der Waals surface area contributed by atoms with Gasteiger partial charge in [-0.15, -0.1) is 0 Å². The number of carboxylic acids is 2. The van der Waals surface area contributed by atoms with E-state index in [1.54, 1.807) is 13.0 Å². The number of aromatic carboxylic acids is 1. The topological polar surface area (TPSA) is 86.6 Å². The van der Waals surface area contributed by atoms with Crippen LogP contribution in [0, 0.1) is 12.8 Å². The van der Waals surface area contributed by atoms with E-state index >= 15 is 0 Å². The first-order chi connectivity index (χ1) is 7.91. The molecule has 0 saturated carbocycles. The van der Waals surface area contributed by atoms with E-state index < -0.39 is 17.9 Å². The molecule has 0 radical (unpaired) electrons. The molecule has 1 unspecified atom stereocenters. The predicted molar refractivity (Wildman–Crippen MR) is 63.4 cm³/mol. The molecule has 5 nitrogen and oxygen atoms in total. The Morgan fingerprint density at radius 1 is 1.35 bits per heavy atom. The smallest absolute Gasteiger partial charge is 0.335 e. The van der Waals surface area contributed by atoms with Crippen LogP contribution in [0.4, 0.5) is 5.69 Å². The lowest BCUT2D eigenvalue weighted by Crippen LogP contribution is -2.20. The molecule has 0 aliphatic rings. The van der Waals surface area contributed by atoms with E-state index in [-0.39, 0.29) is 12.1 Å². The number of hydrogen-bond acceptors (Lipinski definition) is 3. The highest BCUT2D eigenvalue weighted by Crippen LogP contribution is 2.17. The summed E-state index contributed by atoms with van der Waals surface area (Å²) in [6.07, 6.45) is 0. The van der Waals surface area contributed by atoms with Crippen molar-refractivity contribution in [3.05, 3.63) is 29.3 Å². The maximum Gasteiger partial charge on any atom is 0.335 e. The maximum absolute atomic E-state index is 10.8. The molecule has 17 heavy (non-hydrogen) atoms. The van der Waals surface area contributed by atoms with Crippen molar-refractivity contribution in [1.29, 1.82) is 0 Å². The molecule has 0 amide bonds. The second-order valence-electron chi connectivity index (χ2n) is 3.96. The van der Waals surface area contributed by atoms with Crippen molar-refractivity contribution >= 4 is 17.6 Å². The largest absolute Gasteiger partial charge is 0.481 e. The van der Waals surface area contributed by atoms with Crippen molar-refractivity contribution < 1.29 is 19.8 Å². The van der Waals surface area contributed by atoms with Crippen molar-refractivity contribution in [2.24, 2.45) is 5.92 Å². The SMILES string of the molecule is Cc1ccc(C(=O)O)cc1NCC(C)C(=O)O. The first-order valence-corrected chi connectivity index (χ1v) is 5.22. The second kappa shape index (κ2) is 5.34. The van der Waals surface area contributed by atoms with Crippen LogP contribution in [0.15, 0.2) is 18.2 Å². The van der Waals surface area contributed by atoms with E-state index in [2.05, 4.69) is 5.32 Å². The maximum atomic E-state index is 10.8. The fourth-order valence-corrected chi connectivity index (χ4v) is 1.30. The highest BCUT2D eigenvalue weighted by Gasteiger charge is 2.11. The summed E-state index contributed by atoms with van der Waals surface area (Å²) >= 11 is 0. The number of rotatable bonds is 5. The summed E-state index contributed by atoms with van der Waals surface area (Å²) in [5, 5.41) is 20.5. The number of hydrogen-bond donors (Lipinski definition) is 3. The lowest BCUT2D eigenvalue weighted by molar-refractivity contribution is -0.140. The molecule has 5 heteroatoms. The van der Waals surface area contributed by atoms with E-state index in [0.29, 0.717) is 5.69 Å². The Labute approximate surface area is 99.1 Å². The van der Waals surface area contributed by atoms with Gasteiger partial charge in [-0.05, 0) is 24.6 Å². The van der Waals surface area contributed by atoms with E-state index in [1.165, 1.54) is 12.1 Å². The number of carboxylic acid groups (broad SMARTS) is 2. The van der Waals surface area contributed by atoms with Crippen molar-refractivity contribution in [2.75, 3.05) is 11.9 Å². The molecular weight excluding hydrogens is 222 g/mol. The second-order valence-corrected chi connectivity index (χ2v) is 3.96. The highest BCUT2D eigenvalue weighted by atomic mass is 16.4. The van der Waals surface area contributed by atoms with Gasteiger partial charge in [0.25, 0.3) is 0 Å². The summed E-state index contributed by atoms with van der Waals surface area (Å²) in [5.74, 6) is -2.41. The van der Waals surface area contributed by atoms with Crippen LogP contribution in [-0.4, -0.2) is 28.7 Å².